The van der Waals surface area contributed by atoms with Gasteiger partial charge in [-0.25, -0.2) is 4.79 Å². The molecule has 0 aliphatic heterocycles. The predicted octanol–water partition coefficient (Wildman–Crippen LogP) is 3.19. The molecule has 0 radical (unpaired) electrons. The van der Waals surface area contributed by atoms with E-state index in [1.165, 1.54) is 6.08 Å². The maximum atomic E-state index is 11.5. The van der Waals surface area contributed by atoms with Crippen molar-refractivity contribution >= 4 is 12.0 Å². The molecular formula is C17H16O3. The maximum Gasteiger partial charge on any atom is 0.330 e. The quantitative estimate of drug-likeness (QED) is 0.669. The molecular weight excluding hydrogens is 252 g/mol. The van der Waals surface area contributed by atoms with Crippen LogP contribution >= 0.6 is 0 Å². The second-order valence-corrected chi connectivity index (χ2v) is 4.33. The minimum absolute atomic E-state index is 0.171. The molecule has 0 aliphatic rings. The highest BCUT2D eigenvalue weighted by Gasteiger charge is 1.98. The number of esters is 1. The Balaban J connectivity index is 1.78. The van der Waals surface area contributed by atoms with Crippen LogP contribution in [0.1, 0.15) is 11.1 Å². The Morgan fingerprint density at radius 3 is 2.65 bits per heavy atom. The normalized spacial score (nSPS) is 10.6. The lowest BCUT2D eigenvalue weighted by molar-refractivity contribution is -0.137. The van der Waals surface area contributed by atoms with E-state index in [2.05, 4.69) is 0 Å². The summed E-state index contributed by atoms with van der Waals surface area (Å²) in [6.45, 7) is 0.354. The molecule has 2 rings (SSSR count). The summed E-state index contributed by atoms with van der Waals surface area (Å²) in [5.74, 6) is -0.214. The van der Waals surface area contributed by atoms with Gasteiger partial charge in [0.25, 0.3) is 0 Å². The van der Waals surface area contributed by atoms with Gasteiger partial charge in [0.1, 0.15) is 5.75 Å². The molecule has 0 aliphatic carbocycles. The standard InChI is InChI=1S/C17H16O3/c18-16-8-4-7-15(13-16)9-10-17(19)20-12-11-14-5-2-1-3-6-14/h1-10,13,18H,11-12H2/b10-9+. The number of benzene rings is 2. The van der Waals surface area contributed by atoms with E-state index in [1.807, 2.05) is 30.3 Å². The minimum Gasteiger partial charge on any atom is -0.508 e. The second-order valence-electron chi connectivity index (χ2n) is 4.33. The van der Waals surface area contributed by atoms with E-state index >= 15 is 0 Å². The summed E-state index contributed by atoms with van der Waals surface area (Å²) in [6.07, 6.45) is 3.68. The average molecular weight is 268 g/mol. The molecule has 102 valence electrons. The van der Waals surface area contributed by atoms with Gasteiger partial charge in [-0.1, -0.05) is 42.5 Å². The van der Waals surface area contributed by atoms with Crippen LogP contribution in [0.5, 0.6) is 5.75 Å². The number of carbonyl (C=O) groups excluding carboxylic acids is 1. The van der Waals surface area contributed by atoms with E-state index in [4.69, 9.17) is 4.74 Å². The van der Waals surface area contributed by atoms with Gasteiger partial charge in [-0.2, -0.15) is 0 Å². The van der Waals surface area contributed by atoms with Crippen LogP contribution in [-0.4, -0.2) is 17.7 Å². The summed E-state index contributed by atoms with van der Waals surface area (Å²) in [5.41, 5.74) is 1.89. The van der Waals surface area contributed by atoms with Gasteiger partial charge in [0.15, 0.2) is 0 Å². The number of aromatic hydroxyl groups is 1. The van der Waals surface area contributed by atoms with Gasteiger partial charge in [0.2, 0.25) is 0 Å². The van der Waals surface area contributed by atoms with Crippen molar-refractivity contribution < 1.29 is 14.6 Å². The number of hydrogen-bond donors (Lipinski definition) is 1. The van der Waals surface area contributed by atoms with Gasteiger partial charge in [-0.05, 0) is 29.3 Å². The highest BCUT2D eigenvalue weighted by atomic mass is 16.5. The van der Waals surface area contributed by atoms with Crippen LogP contribution in [0.15, 0.2) is 60.7 Å². The van der Waals surface area contributed by atoms with Gasteiger partial charge >= 0.3 is 5.97 Å². The van der Waals surface area contributed by atoms with Crippen molar-refractivity contribution in [1.29, 1.82) is 0 Å². The Labute approximate surface area is 118 Å². The molecule has 0 amide bonds. The number of carbonyl (C=O) groups is 1. The minimum atomic E-state index is -0.385. The molecule has 0 atom stereocenters. The van der Waals surface area contributed by atoms with Gasteiger partial charge in [-0.15, -0.1) is 0 Å². The predicted molar refractivity (Wildman–Crippen MR) is 78.2 cm³/mol. The van der Waals surface area contributed by atoms with Crippen LogP contribution in [-0.2, 0) is 16.0 Å². The van der Waals surface area contributed by atoms with E-state index < -0.39 is 0 Å². The fourth-order valence-corrected chi connectivity index (χ4v) is 1.75. The largest absolute Gasteiger partial charge is 0.508 e. The lowest BCUT2D eigenvalue weighted by Crippen LogP contribution is -2.04. The highest BCUT2D eigenvalue weighted by molar-refractivity contribution is 5.87. The first-order valence-electron chi connectivity index (χ1n) is 6.42. The Hall–Kier alpha value is -2.55. The molecule has 2 aromatic carbocycles. The summed E-state index contributed by atoms with van der Waals surface area (Å²) in [5, 5.41) is 9.30. The summed E-state index contributed by atoms with van der Waals surface area (Å²) >= 11 is 0. The lowest BCUT2D eigenvalue weighted by Gasteiger charge is -2.02. The van der Waals surface area contributed by atoms with Crippen LogP contribution in [0.3, 0.4) is 0 Å². The van der Waals surface area contributed by atoms with E-state index in [0.717, 1.165) is 11.1 Å². The Morgan fingerprint density at radius 1 is 1.10 bits per heavy atom. The van der Waals surface area contributed by atoms with Crippen LogP contribution in [0, 0.1) is 0 Å². The van der Waals surface area contributed by atoms with Crippen LogP contribution in [0.25, 0.3) is 6.08 Å². The van der Waals surface area contributed by atoms with Crippen molar-refractivity contribution in [2.45, 2.75) is 6.42 Å². The van der Waals surface area contributed by atoms with Gasteiger partial charge in [0, 0.05) is 12.5 Å². The first-order chi connectivity index (χ1) is 9.74. The molecule has 0 saturated carbocycles. The van der Waals surface area contributed by atoms with E-state index in [-0.39, 0.29) is 11.7 Å². The van der Waals surface area contributed by atoms with Crippen LogP contribution in [0.2, 0.25) is 0 Å². The zero-order chi connectivity index (χ0) is 14.2. The van der Waals surface area contributed by atoms with Crippen molar-refractivity contribution in [2.75, 3.05) is 6.61 Å². The third-order valence-electron chi connectivity index (χ3n) is 2.76. The summed E-state index contributed by atoms with van der Waals surface area (Å²) < 4.78 is 5.11. The highest BCUT2D eigenvalue weighted by Crippen LogP contribution is 2.12. The molecule has 2 aromatic rings. The number of phenolic OH excluding ortho intramolecular Hbond substituents is 1. The molecule has 0 unspecified atom stereocenters. The van der Waals surface area contributed by atoms with Gasteiger partial charge < -0.3 is 9.84 Å². The molecule has 3 heteroatoms. The molecule has 0 heterocycles. The molecule has 3 nitrogen and oxygen atoms in total. The zero-order valence-corrected chi connectivity index (χ0v) is 11.0. The average Bonchev–Trinajstić information content (AvgIpc) is 2.46. The van der Waals surface area contributed by atoms with Crippen LogP contribution in [0.4, 0.5) is 0 Å². The molecule has 0 saturated heterocycles. The molecule has 0 spiro atoms. The van der Waals surface area contributed by atoms with Crippen molar-refractivity contribution in [3.8, 4) is 5.75 Å². The van der Waals surface area contributed by atoms with Crippen molar-refractivity contribution in [3.05, 3.63) is 71.8 Å². The van der Waals surface area contributed by atoms with Crippen LogP contribution < -0.4 is 0 Å². The fourth-order valence-electron chi connectivity index (χ4n) is 1.75. The maximum absolute atomic E-state index is 11.5. The smallest absolute Gasteiger partial charge is 0.330 e. The zero-order valence-electron chi connectivity index (χ0n) is 11.0. The van der Waals surface area contributed by atoms with Crippen molar-refractivity contribution in [3.63, 3.8) is 0 Å². The SMILES string of the molecule is O=C(/C=C/c1cccc(O)c1)OCCc1ccccc1. The summed E-state index contributed by atoms with van der Waals surface area (Å²) in [6, 6.07) is 16.5. The third-order valence-corrected chi connectivity index (χ3v) is 2.76. The molecule has 0 bridgehead atoms. The Bertz CT molecular complexity index is 588. The monoisotopic (exact) mass is 268 g/mol. The second kappa shape index (κ2) is 7.14. The Morgan fingerprint density at radius 2 is 1.90 bits per heavy atom. The first-order valence-corrected chi connectivity index (χ1v) is 6.42. The number of hydrogen-bond acceptors (Lipinski definition) is 3. The molecule has 1 N–H and O–H groups in total. The first kappa shape index (κ1) is 13.9. The third kappa shape index (κ3) is 4.61. The van der Waals surface area contributed by atoms with Crippen molar-refractivity contribution in [1.82, 2.24) is 0 Å². The fraction of sp³-hybridized carbons (Fsp3) is 0.118. The number of phenols is 1. The van der Waals surface area contributed by atoms with Gasteiger partial charge in [0.05, 0.1) is 6.61 Å². The number of rotatable bonds is 5. The van der Waals surface area contributed by atoms with Gasteiger partial charge in [-0.3, -0.25) is 0 Å². The summed E-state index contributed by atoms with van der Waals surface area (Å²) in [4.78, 5) is 11.5. The molecule has 0 aromatic heterocycles. The van der Waals surface area contributed by atoms with Crippen molar-refractivity contribution in [2.24, 2.45) is 0 Å². The molecule has 0 fully saturated rings. The molecule has 20 heavy (non-hydrogen) atoms. The van der Waals surface area contributed by atoms with E-state index in [1.54, 1.807) is 30.3 Å². The Kier molecular flexibility index (Phi) is 4.95. The summed E-state index contributed by atoms with van der Waals surface area (Å²) in [7, 11) is 0. The lowest BCUT2D eigenvalue weighted by atomic mass is 10.2. The number of ether oxygens (including phenoxy) is 1. The van der Waals surface area contributed by atoms with E-state index in [9.17, 15) is 9.90 Å². The topological polar surface area (TPSA) is 46.5 Å². The van der Waals surface area contributed by atoms with E-state index in [0.29, 0.717) is 13.0 Å².